The largest absolute Gasteiger partial charge is 0.387 e. The van der Waals surface area contributed by atoms with Crippen LogP contribution >= 0.6 is 0 Å². The molecule has 2 N–H and O–H groups in total. The number of aromatic amines is 1. The summed E-state index contributed by atoms with van der Waals surface area (Å²) in [7, 11) is 0. The van der Waals surface area contributed by atoms with Gasteiger partial charge in [0.05, 0.1) is 5.60 Å². The van der Waals surface area contributed by atoms with Gasteiger partial charge in [0, 0.05) is 36.8 Å². The van der Waals surface area contributed by atoms with Gasteiger partial charge in [0.2, 0.25) is 5.91 Å². The van der Waals surface area contributed by atoms with Crippen molar-refractivity contribution in [2.24, 2.45) is 11.8 Å². The Morgan fingerprint density at radius 2 is 2.13 bits per heavy atom. The van der Waals surface area contributed by atoms with E-state index in [9.17, 15) is 14.7 Å². The average Bonchev–Trinajstić information content (AvgIpc) is 2.75. The molecule has 0 radical (unpaired) electrons. The Balaban J connectivity index is 2.03. The predicted molar refractivity (Wildman–Crippen MR) is 88.2 cm³/mol. The van der Waals surface area contributed by atoms with Crippen LogP contribution in [0.5, 0.6) is 0 Å². The van der Waals surface area contributed by atoms with Crippen molar-refractivity contribution < 1.29 is 9.90 Å². The molecule has 1 amide bonds. The maximum absolute atomic E-state index is 12.5. The number of aliphatic hydroxyl groups is 1. The van der Waals surface area contributed by atoms with E-state index in [2.05, 4.69) is 9.97 Å². The van der Waals surface area contributed by atoms with Gasteiger partial charge in [0.1, 0.15) is 0 Å². The third-order valence-corrected chi connectivity index (χ3v) is 5.19. The van der Waals surface area contributed by atoms with Crippen molar-refractivity contribution >= 4 is 5.91 Å². The van der Waals surface area contributed by atoms with E-state index in [1.54, 1.807) is 11.8 Å². The van der Waals surface area contributed by atoms with E-state index in [0.717, 1.165) is 11.3 Å². The van der Waals surface area contributed by atoms with Gasteiger partial charge < -0.3 is 15.0 Å². The van der Waals surface area contributed by atoms with Gasteiger partial charge >= 0.3 is 5.69 Å². The van der Waals surface area contributed by atoms with E-state index in [1.165, 1.54) is 0 Å². The Morgan fingerprint density at radius 3 is 2.65 bits per heavy atom. The third-order valence-electron chi connectivity index (χ3n) is 5.19. The third kappa shape index (κ3) is 3.47. The fraction of sp³-hybridized carbons (Fsp3) is 0.706. The van der Waals surface area contributed by atoms with Gasteiger partial charge in [-0.15, -0.1) is 0 Å². The highest BCUT2D eigenvalue weighted by Gasteiger charge is 2.46. The lowest BCUT2D eigenvalue weighted by atomic mass is 9.82. The van der Waals surface area contributed by atoms with Crippen LogP contribution in [0.15, 0.2) is 4.79 Å². The van der Waals surface area contributed by atoms with Crippen LogP contribution in [-0.4, -0.2) is 44.6 Å². The van der Waals surface area contributed by atoms with Gasteiger partial charge in [-0.05, 0) is 31.7 Å². The molecule has 0 aliphatic carbocycles. The van der Waals surface area contributed by atoms with Crippen molar-refractivity contribution in [2.45, 2.75) is 53.1 Å². The first-order valence-electron chi connectivity index (χ1n) is 8.21. The number of nitrogens with zero attached hydrogens (tertiary/aromatic N) is 2. The second-order valence-corrected chi connectivity index (χ2v) is 7.05. The topological polar surface area (TPSA) is 86.3 Å². The van der Waals surface area contributed by atoms with E-state index < -0.39 is 5.60 Å². The molecule has 1 aliphatic rings. The second kappa shape index (κ2) is 6.43. The highest BCUT2D eigenvalue weighted by Crippen LogP contribution is 2.34. The number of carbonyl (C=O) groups is 1. The van der Waals surface area contributed by atoms with Crippen molar-refractivity contribution in [3.8, 4) is 0 Å². The fourth-order valence-electron chi connectivity index (χ4n) is 3.47. The minimum Gasteiger partial charge on any atom is -0.387 e. The number of β-amino-alcohol motifs (C(OH)–C–C–N with tert-alkyl or cyclic N) is 1. The first-order chi connectivity index (χ1) is 10.6. The van der Waals surface area contributed by atoms with Gasteiger partial charge in [-0.25, -0.2) is 4.79 Å². The Bertz CT molecular complexity index is 627. The minimum absolute atomic E-state index is 0.0402. The molecule has 1 aromatic heterocycles. The SMILES string of the molecule is Cc1nc(=O)[nH]c(C)c1CCC(=O)N1C[C@H](C)[C@@](O)(C(C)C)C1. The van der Waals surface area contributed by atoms with Crippen LogP contribution in [0, 0.1) is 25.7 Å². The molecule has 23 heavy (non-hydrogen) atoms. The normalized spacial score (nSPS) is 24.5. The summed E-state index contributed by atoms with van der Waals surface area (Å²) in [6.07, 6.45) is 0.904. The molecule has 0 unspecified atom stereocenters. The first-order valence-corrected chi connectivity index (χ1v) is 8.21. The molecule has 1 fully saturated rings. The lowest BCUT2D eigenvalue weighted by Crippen LogP contribution is -2.43. The number of likely N-dealkylation sites (tertiary alicyclic amines) is 1. The molecule has 6 heteroatoms. The number of amides is 1. The molecule has 1 aromatic rings. The molecular weight excluding hydrogens is 294 g/mol. The highest BCUT2D eigenvalue weighted by atomic mass is 16.3. The Hall–Kier alpha value is -1.69. The van der Waals surface area contributed by atoms with Gasteiger partial charge in [0.15, 0.2) is 0 Å². The lowest BCUT2D eigenvalue weighted by molar-refractivity contribution is -0.131. The monoisotopic (exact) mass is 321 g/mol. The fourth-order valence-corrected chi connectivity index (χ4v) is 3.47. The number of rotatable bonds is 4. The zero-order valence-corrected chi connectivity index (χ0v) is 14.6. The first kappa shape index (κ1) is 17.7. The van der Waals surface area contributed by atoms with Gasteiger partial charge in [-0.1, -0.05) is 20.8 Å². The number of aryl methyl sites for hydroxylation is 2. The van der Waals surface area contributed by atoms with E-state index in [4.69, 9.17) is 0 Å². The van der Waals surface area contributed by atoms with Crippen LogP contribution in [0.2, 0.25) is 0 Å². The molecule has 6 nitrogen and oxygen atoms in total. The summed E-state index contributed by atoms with van der Waals surface area (Å²) in [5, 5.41) is 10.7. The van der Waals surface area contributed by atoms with Crippen LogP contribution in [0.4, 0.5) is 0 Å². The standard InChI is InChI=1S/C17H27N3O3/c1-10(2)17(23)9-20(8-11(17)3)15(21)7-6-14-12(4)18-16(22)19-13(14)5/h10-11,23H,6-9H2,1-5H3,(H,18,19,22)/t11-,17-/m0/s1. The Morgan fingerprint density at radius 1 is 1.48 bits per heavy atom. The summed E-state index contributed by atoms with van der Waals surface area (Å²) in [6.45, 7) is 10.6. The van der Waals surface area contributed by atoms with Crippen LogP contribution < -0.4 is 5.69 Å². The molecule has 0 saturated carbocycles. The molecule has 0 aromatic carbocycles. The van der Waals surface area contributed by atoms with Crippen molar-refractivity contribution in [1.82, 2.24) is 14.9 Å². The van der Waals surface area contributed by atoms with Crippen LogP contribution in [0.1, 0.15) is 44.1 Å². The summed E-state index contributed by atoms with van der Waals surface area (Å²) in [5.74, 6) is 0.228. The van der Waals surface area contributed by atoms with Gasteiger partial charge in [-0.3, -0.25) is 4.79 Å². The van der Waals surface area contributed by atoms with Crippen molar-refractivity contribution in [2.75, 3.05) is 13.1 Å². The zero-order chi connectivity index (χ0) is 17.4. The van der Waals surface area contributed by atoms with E-state index in [0.29, 0.717) is 31.6 Å². The van der Waals surface area contributed by atoms with Crippen molar-refractivity contribution in [3.05, 3.63) is 27.4 Å². The Labute approximate surface area is 136 Å². The van der Waals surface area contributed by atoms with E-state index >= 15 is 0 Å². The summed E-state index contributed by atoms with van der Waals surface area (Å²) in [6, 6.07) is 0. The quantitative estimate of drug-likeness (QED) is 0.872. The molecule has 2 rings (SSSR count). The maximum atomic E-state index is 12.5. The lowest BCUT2D eigenvalue weighted by Gasteiger charge is -2.31. The number of aromatic nitrogens is 2. The number of H-pyrrole nitrogens is 1. The maximum Gasteiger partial charge on any atom is 0.345 e. The van der Waals surface area contributed by atoms with Crippen LogP contribution in [0.3, 0.4) is 0 Å². The molecule has 2 atom stereocenters. The molecular formula is C17H27N3O3. The average molecular weight is 321 g/mol. The molecule has 1 saturated heterocycles. The second-order valence-electron chi connectivity index (χ2n) is 7.05. The number of nitrogens with one attached hydrogen (secondary N) is 1. The number of hydrogen-bond acceptors (Lipinski definition) is 4. The van der Waals surface area contributed by atoms with Crippen LogP contribution in [-0.2, 0) is 11.2 Å². The van der Waals surface area contributed by atoms with Crippen LogP contribution in [0.25, 0.3) is 0 Å². The molecule has 2 heterocycles. The highest BCUT2D eigenvalue weighted by molar-refractivity contribution is 5.77. The summed E-state index contributed by atoms with van der Waals surface area (Å²) < 4.78 is 0. The van der Waals surface area contributed by atoms with Crippen molar-refractivity contribution in [3.63, 3.8) is 0 Å². The summed E-state index contributed by atoms with van der Waals surface area (Å²) >= 11 is 0. The molecule has 0 spiro atoms. The van der Waals surface area contributed by atoms with E-state index in [1.807, 2.05) is 27.7 Å². The minimum atomic E-state index is -0.805. The predicted octanol–water partition coefficient (Wildman–Crippen LogP) is 1.18. The number of hydrogen-bond donors (Lipinski definition) is 2. The molecule has 128 valence electrons. The summed E-state index contributed by atoms with van der Waals surface area (Å²) in [5.41, 5.74) is 1.20. The molecule has 1 aliphatic heterocycles. The molecule has 0 bridgehead atoms. The zero-order valence-electron chi connectivity index (χ0n) is 14.6. The smallest absolute Gasteiger partial charge is 0.345 e. The van der Waals surface area contributed by atoms with E-state index in [-0.39, 0.29) is 23.4 Å². The van der Waals surface area contributed by atoms with Gasteiger partial charge in [0.25, 0.3) is 0 Å². The Kier molecular flexibility index (Phi) is 4.94. The summed E-state index contributed by atoms with van der Waals surface area (Å²) in [4.78, 5) is 32.1. The number of carbonyl (C=O) groups excluding carboxylic acids is 1. The van der Waals surface area contributed by atoms with Crippen molar-refractivity contribution in [1.29, 1.82) is 0 Å². The van der Waals surface area contributed by atoms with Gasteiger partial charge in [-0.2, -0.15) is 4.98 Å².